The molecule has 2 N–H and O–H groups in total. The van der Waals surface area contributed by atoms with E-state index in [1.807, 2.05) is 0 Å². The highest BCUT2D eigenvalue weighted by Gasteiger charge is 2.24. The van der Waals surface area contributed by atoms with Crippen LogP contribution in [0.5, 0.6) is 0 Å². The predicted molar refractivity (Wildman–Crippen MR) is 74.9 cm³/mol. The second-order valence-corrected chi connectivity index (χ2v) is 5.59. The Morgan fingerprint density at radius 2 is 2.20 bits per heavy atom. The van der Waals surface area contributed by atoms with Crippen molar-refractivity contribution in [3.63, 3.8) is 0 Å². The first-order valence-electron chi connectivity index (χ1n) is 7.08. The lowest BCUT2D eigenvalue weighted by Gasteiger charge is -2.29. The van der Waals surface area contributed by atoms with Crippen molar-refractivity contribution < 1.29 is 9.18 Å². The zero-order valence-corrected chi connectivity index (χ0v) is 11.4. The first kappa shape index (κ1) is 13.1. The Labute approximate surface area is 116 Å². The lowest BCUT2D eigenvalue weighted by Crippen LogP contribution is -2.41. The molecule has 1 amide bonds. The van der Waals surface area contributed by atoms with Crippen LogP contribution >= 0.6 is 0 Å². The maximum absolute atomic E-state index is 13.6. The van der Waals surface area contributed by atoms with Gasteiger partial charge in [0.1, 0.15) is 11.3 Å². The number of fused-ring (bicyclic) bond motifs is 1. The highest BCUT2D eigenvalue weighted by Crippen LogP contribution is 2.25. The van der Waals surface area contributed by atoms with E-state index in [1.165, 1.54) is 24.9 Å². The predicted octanol–water partition coefficient (Wildman–Crippen LogP) is 3.01. The quantitative estimate of drug-likeness (QED) is 0.885. The molecule has 3 rings (SSSR count). The summed E-state index contributed by atoms with van der Waals surface area (Å²) in [5, 5.41) is 3.03. The average Bonchev–Trinajstić information content (AvgIpc) is 2.88. The molecule has 0 bridgehead atoms. The van der Waals surface area contributed by atoms with Crippen molar-refractivity contribution in [3.8, 4) is 0 Å². The van der Waals surface area contributed by atoms with E-state index in [1.54, 1.807) is 0 Å². The van der Waals surface area contributed by atoms with Crippen molar-refractivity contribution in [2.45, 2.75) is 38.6 Å². The van der Waals surface area contributed by atoms with E-state index in [2.05, 4.69) is 22.2 Å². The van der Waals surface area contributed by atoms with Crippen LogP contribution in [0.4, 0.5) is 4.39 Å². The van der Waals surface area contributed by atoms with E-state index < -0.39 is 5.82 Å². The number of H-pyrrole nitrogens is 1. The zero-order chi connectivity index (χ0) is 14.1. The van der Waals surface area contributed by atoms with E-state index >= 15 is 0 Å². The lowest BCUT2D eigenvalue weighted by molar-refractivity contribution is 0.0911. The van der Waals surface area contributed by atoms with Gasteiger partial charge in [0, 0.05) is 6.04 Å². The highest BCUT2D eigenvalue weighted by molar-refractivity contribution is 6.04. The zero-order valence-electron chi connectivity index (χ0n) is 11.4. The normalized spacial score (nSPS) is 22.9. The summed E-state index contributed by atoms with van der Waals surface area (Å²) in [5.74, 6) is -0.195. The van der Waals surface area contributed by atoms with Gasteiger partial charge in [0.15, 0.2) is 0 Å². The minimum atomic E-state index is -0.427. The average molecular weight is 275 g/mol. The van der Waals surface area contributed by atoms with E-state index in [9.17, 15) is 9.18 Å². The number of nitrogens with zero attached hydrogens (tertiary/aromatic N) is 1. The van der Waals surface area contributed by atoms with Crippen molar-refractivity contribution in [1.29, 1.82) is 0 Å². The summed E-state index contributed by atoms with van der Waals surface area (Å²) < 4.78 is 13.6. The van der Waals surface area contributed by atoms with E-state index in [0.29, 0.717) is 22.5 Å². The van der Waals surface area contributed by atoms with Gasteiger partial charge in [-0.25, -0.2) is 9.37 Å². The first-order valence-corrected chi connectivity index (χ1v) is 7.08. The number of carbonyl (C=O) groups is 1. The largest absolute Gasteiger partial charge is 0.349 e. The fraction of sp³-hybridized carbons (Fsp3) is 0.467. The molecule has 0 radical (unpaired) electrons. The SMILES string of the molecule is CC1CCCCC1NC(=O)c1cc(F)cc2[nH]cnc12. The van der Waals surface area contributed by atoms with Crippen LogP contribution in [0.3, 0.4) is 0 Å². The number of hydrogen-bond acceptors (Lipinski definition) is 2. The molecular formula is C15H18FN3O. The fourth-order valence-corrected chi connectivity index (χ4v) is 2.96. The molecule has 0 aliphatic heterocycles. The van der Waals surface area contributed by atoms with Crippen molar-refractivity contribution in [1.82, 2.24) is 15.3 Å². The fourth-order valence-electron chi connectivity index (χ4n) is 2.96. The smallest absolute Gasteiger partial charge is 0.253 e. The summed E-state index contributed by atoms with van der Waals surface area (Å²) in [6.45, 7) is 2.15. The molecule has 1 saturated carbocycles. The Morgan fingerprint density at radius 3 is 3.00 bits per heavy atom. The number of benzene rings is 1. The van der Waals surface area contributed by atoms with Gasteiger partial charge in [0.25, 0.3) is 5.91 Å². The first-order chi connectivity index (χ1) is 9.65. The standard InChI is InChI=1S/C15H18FN3O/c1-9-4-2-3-5-12(9)19-15(20)11-6-10(16)7-13-14(11)18-8-17-13/h6-9,12H,2-5H2,1H3,(H,17,18)(H,19,20). The summed E-state index contributed by atoms with van der Waals surface area (Å²) in [4.78, 5) is 19.3. The van der Waals surface area contributed by atoms with Gasteiger partial charge in [-0.15, -0.1) is 0 Å². The third-order valence-corrected chi connectivity index (χ3v) is 4.16. The minimum absolute atomic E-state index is 0.175. The Bertz CT molecular complexity index is 637. The van der Waals surface area contributed by atoms with Crippen LogP contribution in [0.2, 0.25) is 0 Å². The van der Waals surface area contributed by atoms with Crippen molar-refractivity contribution in [2.75, 3.05) is 0 Å². The summed E-state index contributed by atoms with van der Waals surface area (Å²) in [6, 6.07) is 2.78. The molecule has 1 aliphatic carbocycles. The monoisotopic (exact) mass is 275 g/mol. The van der Waals surface area contributed by atoms with Gasteiger partial charge in [0.2, 0.25) is 0 Å². The molecule has 1 aromatic carbocycles. The second-order valence-electron chi connectivity index (χ2n) is 5.59. The van der Waals surface area contributed by atoms with E-state index in [4.69, 9.17) is 0 Å². The second kappa shape index (κ2) is 5.23. The van der Waals surface area contributed by atoms with Crippen LogP contribution in [-0.2, 0) is 0 Å². The number of nitrogens with one attached hydrogen (secondary N) is 2. The molecule has 4 nitrogen and oxygen atoms in total. The van der Waals surface area contributed by atoms with Crippen LogP contribution in [0.15, 0.2) is 18.5 Å². The number of hydrogen-bond donors (Lipinski definition) is 2. The van der Waals surface area contributed by atoms with Gasteiger partial charge in [-0.05, 0) is 30.9 Å². The van der Waals surface area contributed by atoms with Gasteiger partial charge < -0.3 is 10.3 Å². The summed E-state index contributed by atoms with van der Waals surface area (Å²) in [6.07, 6.45) is 5.95. The Hall–Kier alpha value is -1.91. The van der Waals surface area contributed by atoms with E-state index in [-0.39, 0.29) is 11.9 Å². The van der Waals surface area contributed by atoms with Gasteiger partial charge in [-0.1, -0.05) is 19.8 Å². The molecule has 0 spiro atoms. The van der Waals surface area contributed by atoms with Gasteiger partial charge in [-0.3, -0.25) is 4.79 Å². The molecule has 1 aliphatic rings. The maximum atomic E-state index is 13.6. The Balaban J connectivity index is 1.86. The third kappa shape index (κ3) is 2.40. The van der Waals surface area contributed by atoms with Gasteiger partial charge in [0.05, 0.1) is 17.4 Å². The number of rotatable bonds is 2. The molecule has 5 heteroatoms. The van der Waals surface area contributed by atoms with Crippen LogP contribution in [-0.4, -0.2) is 21.9 Å². The molecule has 2 unspecified atom stereocenters. The highest BCUT2D eigenvalue weighted by atomic mass is 19.1. The van der Waals surface area contributed by atoms with Crippen molar-refractivity contribution in [2.24, 2.45) is 5.92 Å². The molecule has 0 saturated heterocycles. The van der Waals surface area contributed by atoms with Crippen LogP contribution in [0.25, 0.3) is 11.0 Å². The summed E-state index contributed by atoms with van der Waals surface area (Å²) in [7, 11) is 0. The molecule has 2 atom stereocenters. The van der Waals surface area contributed by atoms with Crippen molar-refractivity contribution in [3.05, 3.63) is 29.8 Å². The topological polar surface area (TPSA) is 57.8 Å². The summed E-state index contributed by atoms with van der Waals surface area (Å²) >= 11 is 0. The number of halogens is 1. The maximum Gasteiger partial charge on any atom is 0.253 e. The number of aromatic nitrogens is 2. The molecule has 20 heavy (non-hydrogen) atoms. The lowest BCUT2D eigenvalue weighted by atomic mass is 9.86. The number of aromatic amines is 1. The third-order valence-electron chi connectivity index (χ3n) is 4.16. The van der Waals surface area contributed by atoms with Crippen LogP contribution in [0, 0.1) is 11.7 Å². The van der Waals surface area contributed by atoms with Crippen LogP contribution < -0.4 is 5.32 Å². The van der Waals surface area contributed by atoms with Crippen LogP contribution in [0.1, 0.15) is 43.0 Å². The number of amides is 1. The Kier molecular flexibility index (Phi) is 3.42. The van der Waals surface area contributed by atoms with E-state index in [0.717, 1.165) is 19.3 Å². The number of imidazole rings is 1. The minimum Gasteiger partial charge on any atom is -0.349 e. The molecule has 106 valence electrons. The number of carbonyl (C=O) groups excluding carboxylic acids is 1. The molecule has 1 aromatic heterocycles. The van der Waals surface area contributed by atoms with Gasteiger partial charge >= 0.3 is 0 Å². The molecular weight excluding hydrogens is 257 g/mol. The Morgan fingerprint density at radius 1 is 1.40 bits per heavy atom. The molecule has 1 heterocycles. The summed E-state index contributed by atoms with van der Waals surface area (Å²) in [5.41, 5.74) is 1.37. The van der Waals surface area contributed by atoms with Crippen molar-refractivity contribution >= 4 is 16.9 Å². The molecule has 2 aromatic rings. The molecule has 1 fully saturated rings. The van der Waals surface area contributed by atoms with Gasteiger partial charge in [-0.2, -0.15) is 0 Å².